The normalized spacial score (nSPS) is 10.7. The molecule has 0 fully saturated rings. The van der Waals surface area contributed by atoms with Gasteiger partial charge in [0.05, 0.1) is 0 Å². The van der Waals surface area contributed by atoms with Crippen molar-refractivity contribution in [3.63, 3.8) is 0 Å². The van der Waals surface area contributed by atoms with Crippen LogP contribution in [-0.4, -0.2) is 47.9 Å². The Balaban J connectivity index is 1.92. The lowest BCUT2D eigenvalue weighted by Crippen LogP contribution is -2.21. The summed E-state index contributed by atoms with van der Waals surface area (Å²) < 4.78 is 0. The number of hydrogen-bond acceptors (Lipinski definition) is 4. The zero-order valence-electron chi connectivity index (χ0n) is 11.4. The Morgan fingerprint density at radius 1 is 1.22 bits per heavy atom. The minimum absolute atomic E-state index is 0.701. The summed E-state index contributed by atoms with van der Waals surface area (Å²) in [7, 11) is 5.86. The summed E-state index contributed by atoms with van der Waals surface area (Å²) in [5.74, 6) is 1.49. The minimum Gasteiger partial charge on any atom is -0.362 e. The maximum atomic E-state index is 4.40. The highest BCUT2D eigenvalue weighted by molar-refractivity contribution is 5.36. The number of anilines is 2. The summed E-state index contributed by atoms with van der Waals surface area (Å²) >= 11 is 0. The molecule has 0 spiro atoms. The van der Waals surface area contributed by atoms with Gasteiger partial charge < -0.3 is 14.8 Å². The van der Waals surface area contributed by atoms with Gasteiger partial charge >= 0.3 is 0 Å². The molecule has 0 bridgehead atoms. The molecule has 0 aliphatic heterocycles. The van der Waals surface area contributed by atoms with Gasteiger partial charge in [0, 0.05) is 45.5 Å². The van der Waals surface area contributed by atoms with Crippen molar-refractivity contribution in [1.29, 1.82) is 0 Å². The molecule has 0 unspecified atom stereocenters. The molecule has 2 aromatic heterocycles. The van der Waals surface area contributed by atoms with Crippen LogP contribution in [-0.2, 0) is 6.42 Å². The second-order valence-electron chi connectivity index (χ2n) is 4.69. The first-order valence-corrected chi connectivity index (χ1v) is 6.01. The highest BCUT2D eigenvalue weighted by Gasteiger charge is 2.09. The summed E-state index contributed by atoms with van der Waals surface area (Å²) in [6.45, 7) is 2.95. The molecule has 0 amide bonds. The smallest absolute Gasteiger partial charge is 0.245 e. The Morgan fingerprint density at radius 2 is 2.00 bits per heavy atom. The van der Waals surface area contributed by atoms with Crippen molar-refractivity contribution in [2.75, 3.05) is 37.5 Å². The molecule has 0 radical (unpaired) electrons. The zero-order chi connectivity index (χ0) is 13.1. The fourth-order valence-corrected chi connectivity index (χ4v) is 1.72. The van der Waals surface area contributed by atoms with Crippen LogP contribution in [0.4, 0.5) is 11.9 Å². The predicted molar refractivity (Wildman–Crippen MR) is 73.2 cm³/mol. The lowest BCUT2D eigenvalue weighted by Gasteiger charge is -2.14. The second-order valence-corrected chi connectivity index (χ2v) is 4.69. The zero-order valence-corrected chi connectivity index (χ0v) is 11.4. The molecule has 18 heavy (non-hydrogen) atoms. The third-order valence-corrected chi connectivity index (χ3v) is 2.83. The van der Waals surface area contributed by atoms with Crippen LogP contribution in [0, 0.1) is 6.92 Å². The monoisotopic (exact) mass is 248 g/mol. The lowest BCUT2D eigenvalue weighted by molar-refractivity contribution is 0.826. The van der Waals surface area contributed by atoms with Gasteiger partial charge in [0.15, 0.2) is 0 Å². The van der Waals surface area contributed by atoms with Gasteiger partial charge in [0.1, 0.15) is 0 Å². The average Bonchev–Trinajstić information content (AvgIpc) is 2.94. The Labute approximate surface area is 107 Å². The van der Waals surface area contributed by atoms with Crippen molar-refractivity contribution in [2.24, 2.45) is 0 Å². The molecular weight excluding hydrogens is 228 g/mol. The number of H-pyrrole nitrogens is 2. The van der Waals surface area contributed by atoms with Crippen LogP contribution in [0.15, 0.2) is 12.1 Å². The van der Waals surface area contributed by atoms with E-state index in [0.717, 1.165) is 18.9 Å². The number of hydrogen-bond donors (Lipinski definition) is 2. The molecule has 6 nitrogen and oxygen atoms in total. The Kier molecular flexibility index (Phi) is 3.55. The standard InChI is InChI=1S/C12H20N6/c1-9-5-6-10(13-9)7-8-18(4)12-14-11(15-16-12)17(2)3/h5-6,13H,7-8H2,1-4H3,(H,14,15,16). The molecular formula is C12H20N6. The van der Waals surface area contributed by atoms with E-state index in [2.05, 4.69) is 44.1 Å². The quantitative estimate of drug-likeness (QED) is 0.834. The number of aryl methyl sites for hydroxylation is 1. The fourth-order valence-electron chi connectivity index (χ4n) is 1.72. The van der Waals surface area contributed by atoms with Crippen LogP contribution in [0.25, 0.3) is 0 Å². The Hall–Kier alpha value is -1.98. The molecule has 0 saturated carbocycles. The van der Waals surface area contributed by atoms with Gasteiger partial charge in [-0.25, -0.2) is 5.10 Å². The van der Waals surface area contributed by atoms with Gasteiger partial charge in [-0.05, 0) is 19.1 Å². The third-order valence-electron chi connectivity index (χ3n) is 2.83. The topological polar surface area (TPSA) is 63.8 Å². The maximum Gasteiger partial charge on any atom is 0.245 e. The largest absolute Gasteiger partial charge is 0.362 e. The summed E-state index contributed by atoms with van der Waals surface area (Å²) in [4.78, 5) is 11.7. The third kappa shape index (κ3) is 2.82. The number of nitrogens with one attached hydrogen (secondary N) is 2. The molecule has 98 valence electrons. The first-order chi connectivity index (χ1) is 8.56. The minimum atomic E-state index is 0.701. The molecule has 2 aromatic rings. The van der Waals surface area contributed by atoms with E-state index in [1.807, 2.05) is 26.0 Å². The second kappa shape index (κ2) is 5.12. The predicted octanol–water partition coefficient (Wildman–Crippen LogP) is 1.19. The van der Waals surface area contributed by atoms with Crippen LogP contribution in [0.3, 0.4) is 0 Å². The van der Waals surface area contributed by atoms with E-state index in [0.29, 0.717) is 5.95 Å². The van der Waals surface area contributed by atoms with E-state index in [1.165, 1.54) is 11.4 Å². The van der Waals surface area contributed by atoms with Gasteiger partial charge in [0.2, 0.25) is 11.9 Å². The van der Waals surface area contributed by atoms with E-state index in [1.54, 1.807) is 0 Å². The van der Waals surface area contributed by atoms with Crippen molar-refractivity contribution in [3.8, 4) is 0 Å². The Morgan fingerprint density at radius 3 is 2.56 bits per heavy atom. The van der Waals surface area contributed by atoms with Crippen molar-refractivity contribution in [3.05, 3.63) is 23.5 Å². The SMILES string of the molecule is Cc1ccc(CCN(C)c2nc(N(C)C)n[nH]2)[nH]1. The summed E-state index contributed by atoms with van der Waals surface area (Å²) in [5, 5.41) is 7.08. The van der Waals surface area contributed by atoms with Gasteiger partial charge in [-0.15, -0.1) is 5.10 Å². The molecule has 0 aromatic carbocycles. The van der Waals surface area contributed by atoms with Gasteiger partial charge in [0.25, 0.3) is 0 Å². The Bertz CT molecular complexity index is 498. The van der Waals surface area contributed by atoms with E-state index in [-0.39, 0.29) is 0 Å². The maximum absolute atomic E-state index is 4.40. The molecule has 2 rings (SSSR count). The molecule has 0 saturated heterocycles. The van der Waals surface area contributed by atoms with Crippen LogP contribution in [0.5, 0.6) is 0 Å². The molecule has 2 heterocycles. The van der Waals surface area contributed by atoms with E-state index >= 15 is 0 Å². The molecule has 0 atom stereocenters. The summed E-state index contributed by atoms with van der Waals surface area (Å²) in [6.07, 6.45) is 0.961. The van der Waals surface area contributed by atoms with Crippen molar-refractivity contribution in [1.82, 2.24) is 20.2 Å². The van der Waals surface area contributed by atoms with E-state index in [9.17, 15) is 0 Å². The fraction of sp³-hybridized carbons (Fsp3) is 0.500. The molecule has 0 aliphatic carbocycles. The molecule has 2 N–H and O–H groups in total. The number of rotatable bonds is 5. The number of aromatic nitrogens is 4. The number of aromatic amines is 2. The van der Waals surface area contributed by atoms with Gasteiger partial charge in [-0.3, -0.25) is 0 Å². The van der Waals surface area contributed by atoms with Crippen LogP contribution < -0.4 is 9.80 Å². The van der Waals surface area contributed by atoms with Crippen molar-refractivity contribution < 1.29 is 0 Å². The van der Waals surface area contributed by atoms with Crippen LogP contribution >= 0.6 is 0 Å². The van der Waals surface area contributed by atoms with Crippen LogP contribution in [0.2, 0.25) is 0 Å². The van der Waals surface area contributed by atoms with Gasteiger partial charge in [-0.2, -0.15) is 4.98 Å². The molecule has 6 heteroatoms. The first kappa shape index (κ1) is 12.5. The van der Waals surface area contributed by atoms with Crippen molar-refractivity contribution >= 4 is 11.9 Å². The van der Waals surface area contributed by atoms with E-state index < -0.39 is 0 Å². The van der Waals surface area contributed by atoms with Crippen LogP contribution in [0.1, 0.15) is 11.4 Å². The highest BCUT2D eigenvalue weighted by atomic mass is 15.4. The van der Waals surface area contributed by atoms with E-state index in [4.69, 9.17) is 0 Å². The average molecular weight is 248 g/mol. The van der Waals surface area contributed by atoms with Gasteiger partial charge in [-0.1, -0.05) is 0 Å². The molecule has 0 aliphatic rings. The summed E-state index contributed by atoms with van der Waals surface area (Å²) in [5.41, 5.74) is 2.44. The lowest BCUT2D eigenvalue weighted by atomic mass is 10.3. The number of nitrogens with zero attached hydrogens (tertiary/aromatic N) is 4. The summed E-state index contributed by atoms with van der Waals surface area (Å²) in [6, 6.07) is 4.21. The number of likely N-dealkylation sites (N-methyl/N-ethyl adjacent to an activating group) is 1. The first-order valence-electron chi connectivity index (χ1n) is 6.01. The highest BCUT2D eigenvalue weighted by Crippen LogP contribution is 2.10. The van der Waals surface area contributed by atoms with Crippen molar-refractivity contribution in [2.45, 2.75) is 13.3 Å².